The van der Waals surface area contributed by atoms with Gasteiger partial charge in [0.1, 0.15) is 0 Å². The molecular formula is C18H20ClN2-. The van der Waals surface area contributed by atoms with E-state index in [1.54, 1.807) is 0 Å². The average molecular weight is 300 g/mol. The van der Waals surface area contributed by atoms with Gasteiger partial charge in [-0.3, -0.25) is 0 Å². The minimum absolute atomic E-state index is 0. The van der Waals surface area contributed by atoms with Gasteiger partial charge < -0.3 is 22.7 Å². The summed E-state index contributed by atoms with van der Waals surface area (Å²) in [6, 6.07) is 19.3. The van der Waals surface area contributed by atoms with Crippen LogP contribution in [0.1, 0.15) is 18.1 Å². The molecule has 21 heavy (non-hydrogen) atoms. The Kier molecular flexibility index (Phi) is 5.05. The van der Waals surface area contributed by atoms with Gasteiger partial charge in [0.05, 0.1) is 0 Å². The first-order chi connectivity index (χ1) is 9.74. The maximum Gasteiger partial charge on any atom is 0.0486 e. The highest BCUT2D eigenvalue weighted by Gasteiger charge is 2.09. The molecule has 0 spiro atoms. The predicted molar refractivity (Wildman–Crippen MR) is 84.8 cm³/mol. The second-order valence-corrected chi connectivity index (χ2v) is 5.47. The van der Waals surface area contributed by atoms with Gasteiger partial charge >= 0.3 is 0 Å². The Hall–Kier alpha value is -1.77. The van der Waals surface area contributed by atoms with Gasteiger partial charge in [-0.1, -0.05) is 48.5 Å². The third kappa shape index (κ3) is 3.46. The summed E-state index contributed by atoms with van der Waals surface area (Å²) in [6.45, 7) is 2.96. The van der Waals surface area contributed by atoms with Gasteiger partial charge in [-0.2, -0.15) is 0 Å². The van der Waals surface area contributed by atoms with Crippen LogP contribution in [-0.4, -0.2) is 10.6 Å². The van der Waals surface area contributed by atoms with E-state index >= 15 is 0 Å². The van der Waals surface area contributed by atoms with E-state index in [0.29, 0.717) is 0 Å². The van der Waals surface area contributed by atoms with Gasteiger partial charge in [0, 0.05) is 29.7 Å². The number of para-hydroxylation sites is 1. The zero-order chi connectivity index (χ0) is 13.9. The summed E-state index contributed by atoms with van der Waals surface area (Å²) in [6.07, 6.45) is 3.17. The molecule has 0 amide bonds. The second-order valence-electron chi connectivity index (χ2n) is 5.47. The van der Waals surface area contributed by atoms with Crippen molar-refractivity contribution in [2.24, 2.45) is 5.73 Å². The number of aromatic nitrogens is 1. The Labute approximate surface area is 132 Å². The first kappa shape index (κ1) is 15.6. The van der Waals surface area contributed by atoms with Gasteiger partial charge in [-0.05, 0) is 30.5 Å². The quantitative estimate of drug-likeness (QED) is 0.751. The van der Waals surface area contributed by atoms with Crippen molar-refractivity contribution >= 4 is 10.9 Å². The number of nitrogens with two attached hydrogens (primary N) is 1. The number of halogens is 1. The Morgan fingerprint density at radius 3 is 2.38 bits per heavy atom. The van der Waals surface area contributed by atoms with Crippen LogP contribution in [0.2, 0.25) is 0 Å². The minimum atomic E-state index is 0. The predicted octanol–water partition coefficient (Wildman–Crippen LogP) is 0.583. The van der Waals surface area contributed by atoms with E-state index in [1.807, 2.05) is 0 Å². The lowest BCUT2D eigenvalue weighted by Gasteiger charge is -2.05. The molecule has 110 valence electrons. The lowest BCUT2D eigenvalue weighted by atomic mass is 10.1. The van der Waals surface area contributed by atoms with Crippen molar-refractivity contribution in [2.75, 3.05) is 0 Å². The van der Waals surface area contributed by atoms with Crippen LogP contribution >= 0.6 is 0 Å². The summed E-state index contributed by atoms with van der Waals surface area (Å²) in [5, 5.41) is 1.32. The van der Waals surface area contributed by atoms with Gasteiger partial charge in [-0.15, -0.1) is 0 Å². The molecular weight excluding hydrogens is 280 g/mol. The Balaban J connectivity index is 0.00000161. The molecule has 2 nitrogen and oxygen atoms in total. The molecule has 0 aliphatic carbocycles. The van der Waals surface area contributed by atoms with Crippen LogP contribution < -0.4 is 18.1 Å². The fourth-order valence-electron chi connectivity index (χ4n) is 2.74. The van der Waals surface area contributed by atoms with Gasteiger partial charge in [-0.25, -0.2) is 0 Å². The molecule has 0 saturated carbocycles. The van der Waals surface area contributed by atoms with Crippen LogP contribution in [0.15, 0.2) is 60.8 Å². The fraction of sp³-hybridized carbons (Fsp3) is 0.222. The monoisotopic (exact) mass is 299 g/mol. The van der Waals surface area contributed by atoms with E-state index in [-0.39, 0.29) is 18.4 Å². The van der Waals surface area contributed by atoms with Crippen molar-refractivity contribution in [3.63, 3.8) is 0 Å². The van der Waals surface area contributed by atoms with Crippen LogP contribution in [0.25, 0.3) is 10.9 Å². The van der Waals surface area contributed by atoms with E-state index in [4.69, 9.17) is 5.73 Å². The number of benzene rings is 2. The molecule has 2 N–H and O–H groups in total. The van der Waals surface area contributed by atoms with Crippen molar-refractivity contribution in [3.05, 3.63) is 71.9 Å². The molecule has 0 fully saturated rings. The van der Waals surface area contributed by atoms with Gasteiger partial charge in [0.2, 0.25) is 0 Å². The summed E-state index contributed by atoms with van der Waals surface area (Å²) in [5.74, 6) is 0. The van der Waals surface area contributed by atoms with Crippen molar-refractivity contribution in [3.8, 4) is 0 Å². The maximum absolute atomic E-state index is 5.97. The first-order valence-electron chi connectivity index (χ1n) is 7.10. The highest BCUT2D eigenvalue weighted by Crippen LogP contribution is 2.23. The zero-order valence-corrected chi connectivity index (χ0v) is 12.9. The normalized spacial score (nSPS) is 12.1. The molecule has 1 aromatic heterocycles. The highest BCUT2D eigenvalue weighted by molar-refractivity contribution is 5.84. The topological polar surface area (TPSA) is 30.9 Å². The summed E-state index contributed by atoms with van der Waals surface area (Å²) in [4.78, 5) is 0. The molecule has 2 aromatic carbocycles. The molecule has 0 aliphatic rings. The Bertz CT molecular complexity index is 702. The van der Waals surface area contributed by atoms with Crippen LogP contribution in [0.5, 0.6) is 0 Å². The van der Waals surface area contributed by atoms with E-state index in [9.17, 15) is 0 Å². The van der Waals surface area contributed by atoms with E-state index in [0.717, 1.165) is 13.0 Å². The molecule has 0 bridgehead atoms. The third-order valence-corrected chi connectivity index (χ3v) is 3.61. The third-order valence-electron chi connectivity index (χ3n) is 3.61. The van der Waals surface area contributed by atoms with Crippen LogP contribution in [-0.2, 0) is 13.0 Å². The maximum atomic E-state index is 5.97. The van der Waals surface area contributed by atoms with E-state index < -0.39 is 0 Å². The minimum Gasteiger partial charge on any atom is -1.00 e. The summed E-state index contributed by atoms with van der Waals surface area (Å²) < 4.78 is 2.32. The molecule has 1 heterocycles. The Morgan fingerprint density at radius 2 is 1.67 bits per heavy atom. The van der Waals surface area contributed by atoms with Crippen molar-refractivity contribution in [1.29, 1.82) is 0 Å². The summed E-state index contributed by atoms with van der Waals surface area (Å²) in [5.41, 5.74) is 9.91. The molecule has 1 unspecified atom stereocenters. The molecule has 3 aromatic rings. The fourth-order valence-corrected chi connectivity index (χ4v) is 2.74. The number of hydrogen-bond donors (Lipinski definition) is 1. The summed E-state index contributed by atoms with van der Waals surface area (Å²) >= 11 is 0. The average Bonchev–Trinajstić information content (AvgIpc) is 2.78. The van der Waals surface area contributed by atoms with Crippen molar-refractivity contribution in [1.82, 2.24) is 4.57 Å². The van der Waals surface area contributed by atoms with Crippen molar-refractivity contribution in [2.45, 2.75) is 25.9 Å². The molecule has 0 radical (unpaired) electrons. The van der Waals surface area contributed by atoms with Gasteiger partial charge in [0.25, 0.3) is 0 Å². The lowest BCUT2D eigenvalue weighted by molar-refractivity contribution is -0.00000427. The largest absolute Gasteiger partial charge is 1.00 e. The smallest absolute Gasteiger partial charge is 0.0486 e. The van der Waals surface area contributed by atoms with Crippen LogP contribution in [0, 0.1) is 0 Å². The second kappa shape index (κ2) is 6.79. The first-order valence-corrected chi connectivity index (χ1v) is 7.10. The number of hydrogen-bond acceptors (Lipinski definition) is 1. The number of nitrogens with zero attached hydrogens (tertiary/aromatic N) is 1. The zero-order valence-electron chi connectivity index (χ0n) is 12.2. The van der Waals surface area contributed by atoms with E-state index in [2.05, 4.69) is 72.3 Å². The van der Waals surface area contributed by atoms with Crippen LogP contribution in [0.4, 0.5) is 0 Å². The number of rotatable bonds is 4. The number of fused-ring (bicyclic) bond motifs is 1. The summed E-state index contributed by atoms with van der Waals surface area (Å²) in [7, 11) is 0. The standard InChI is InChI=1S/C18H20N2.ClH/c1-14(19)11-16-13-20(12-15-7-3-2-4-8-15)18-10-6-5-9-17(16)18;/h2-10,13-14H,11-12,19H2,1H3;1H/p-1. The molecule has 1 atom stereocenters. The lowest BCUT2D eigenvalue weighted by Crippen LogP contribution is -3.00. The highest BCUT2D eigenvalue weighted by atomic mass is 35.5. The van der Waals surface area contributed by atoms with Crippen LogP contribution in [0.3, 0.4) is 0 Å². The molecule has 3 heteroatoms. The Morgan fingerprint density at radius 1 is 1.00 bits per heavy atom. The van der Waals surface area contributed by atoms with Gasteiger partial charge in [0.15, 0.2) is 0 Å². The molecule has 3 rings (SSSR count). The SMILES string of the molecule is CC(N)Cc1cn(Cc2ccccc2)c2ccccc12.[Cl-]. The molecule has 0 saturated heterocycles. The van der Waals surface area contributed by atoms with E-state index in [1.165, 1.54) is 22.0 Å². The molecule has 0 aliphatic heterocycles. The van der Waals surface area contributed by atoms with Crippen molar-refractivity contribution < 1.29 is 12.4 Å².